The average molecular weight is 271 g/mol. The van der Waals surface area contributed by atoms with Gasteiger partial charge in [-0.3, -0.25) is 0 Å². The summed E-state index contributed by atoms with van der Waals surface area (Å²) < 4.78 is 0.829. The number of pyridine rings is 1. The maximum atomic E-state index is 9.87. The van der Waals surface area contributed by atoms with Crippen LogP contribution in [-0.2, 0) is 0 Å². The standard InChI is InChI=1S/C11H15BrN2O/c12-9-3-1-4-10(14-9)13-8-7-11(15)5-2-6-11/h1,3-4,15H,2,5-8H2,(H,13,14). The van der Waals surface area contributed by atoms with Crippen LogP contribution in [-0.4, -0.2) is 22.2 Å². The van der Waals surface area contributed by atoms with Gasteiger partial charge in [-0.25, -0.2) is 4.98 Å². The van der Waals surface area contributed by atoms with E-state index < -0.39 is 5.60 Å². The second-order valence-corrected chi connectivity index (χ2v) is 4.91. The fraction of sp³-hybridized carbons (Fsp3) is 0.545. The molecule has 0 atom stereocenters. The number of anilines is 1. The largest absolute Gasteiger partial charge is 0.390 e. The molecule has 0 spiro atoms. The van der Waals surface area contributed by atoms with Crippen molar-refractivity contribution in [2.45, 2.75) is 31.3 Å². The van der Waals surface area contributed by atoms with E-state index in [0.29, 0.717) is 0 Å². The molecule has 82 valence electrons. The minimum Gasteiger partial charge on any atom is -0.390 e. The summed E-state index contributed by atoms with van der Waals surface area (Å²) in [6, 6.07) is 5.76. The Kier molecular flexibility index (Phi) is 3.26. The van der Waals surface area contributed by atoms with Crippen LogP contribution in [0.3, 0.4) is 0 Å². The van der Waals surface area contributed by atoms with Gasteiger partial charge in [0, 0.05) is 6.54 Å². The molecule has 1 aliphatic rings. The van der Waals surface area contributed by atoms with Gasteiger partial charge in [-0.2, -0.15) is 0 Å². The van der Waals surface area contributed by atoms with Crippen LogP contribution < -0.4 is 5.32 Å². The highest BCUT2D eigenvalue weighted by Gasteiger charge is 2.33. The lowest BCUT2D eigenvalue weighted by Crippen LogP contribution is -2.38. The molecule has 0 saturated heterocycles. The van der Waals surface area contributed by atoms with E-state index in [1.165, 1.54) is 0 Å². The van der Waals surface area contributed by atoms with Gasteiger partial charge in [-0.1, -0.05) is 6.07 Å². The zero-order valence-corrected chi connectivity index (χ0v) is 10.1. The quantitative estimate of drug-likeness (QED) is 0.827. The minimum atomic E-state index is -0.404. The fourth-order valence-electron chi connectivity index (χ4n) is 1.76. The Labute approximate surface area is 98.0 Å². The van der Waals surface area contributed by atoms with Crippen molar-refractivity contribution in [3.05, 3.63) is 22.8 Å². The molecule has 1 fully saturated rings. The Morgan fingerprint density at radius 1 is 1.47 bits per heavy atom. The molecule has 1 heterocycles. The van der Waals surface area contributed by atoms with Crippen molar-refractivity contribution in [1.29, 1.82) is 0 Å². The molecular weight excluding hydrogens is 256 g/mol. The van der Waals surface area contributed by atoms with E-state index in [1.54, 1.807) is 0 Å². The van der Waals surface area contributed by atoms with Crippen LogP contribution >= 0.6 is 15.9 Å². The van der Waals surface area contributed by atoms with E-state index >= 15 is 0 Å². The van der Waals surface area contributed by atoms with Crippen molar-refractivity contribution in [3.63, 3.8) is 0 Å². The van der Waals surface area contributed by atoms with Gasteiger partial charge in [0.25, 0.3) is 0 Å². The van der Waals surface area contributed by atoms with Crippen molar-refractivity contribution >= 4 is 21.7 Å². The molecule has 0 aromatic carbocycles. The molecule has 2 rings (SSSR count). The molecule has 1 aromatic heterocycles. The summed E-state index contributed by atoms with van der Waals surface area (Å²) in [6.45, 7) is 0.778. The maximum absolute atomic E-state index is 9.87. The minimum absolute atomic E-state index is 0.404. The highest BCUT2D eigenvalue weighted by molar-refractivity contribution is 9.10. The summed E-state index contributed by atoms with van der Waals surface area (Å²) in [5, 5.41) is 13.1. The molecule has 0 aliphatic heterocycles. The number of halogens is 1. The lowest BCUT2D eigenvalue weighted by molar-refractivity contribution is -0.0370. The van der Waals surface area contributed by atoms with Crippen molar-refractivity contribution < 1.29 is 5.11 Å². The SMILES string of the molecule is OC1(CCNc2cccc(Br)n2)CCC1. The first-order chi connectivity index (χ1) is 7.18. The molecule has 4 heteroatoms. The number of rotatable bonds is 4. The van der Waals surface area contributed by atoms with Crippen LogP contribution in [0.5, 0.6) is 0 Å². The highest BCUT2D eigenvalue weighted by atomic mass is 79.9. The number of aromatic nitrogens is 1. The predicted octanol–water partition coefficient (Wildman–Crippen LogP) is 2.56. The van der Waals surface area contributed by atoms with E-state index in [2.05, 4.69) is 26.2 Å². The third kappa shape index (κ3) is 2.92. The van der Waals surface area contributed by atoms with Gasteiger partial charge in [0.1, 0.15) is 10.4 Å². The molecule has 1 saturated carbocycles. The van der Waals surface area contributed by atoms with Crippen LogP contribution in [0.4, 0.5) is 5.82 Å². The first-order valence-corrected chi connectivity index (χ1v) is 6.06. The monoisotopic (exact) mass is 270 g/mol. The molecule has 0 bridgehead atoms. The molecule has 3 nitrogen and oxygen atoms in total. The van der Waals surface area contributed by atoms with Gasteiger partial charge in [-0.05, 0) is 53.7 Å². The summed E-state index contributed by atoms with van der Waals surface area (Å²) in [7, 11) is 0. The molecule has 2 N–H and O–H groups in total. The van der Waals surface area contributed by atoms with Gasteiger partial charge in [-0.15, -0.1) is 0 Å². The summed E-state index contributed by atoms with van der Waals surface area (Å²) in [5.74, 6) is 0.854. The lowest BCUT2D eigenvalue weighted by Gasteiger charge is -2.36. The van der Waals surface area contributed by atoms with Crippen molar-refractivity contribution in [3.8, 4) is 0 Å². The smallest absolute Gasteiger partial charge is 0.127 e. The van der Waals surface area contributed by atoms with E-state index in [-0.39, 0.29) is 0 Å². The Morgan fingerprint density at radius 2 is 2.27 bits per heavy atom. The highest BCUT2D eigenvalue weighted by Crippen LogP contribution is 2.34. The first kappa shape index (κ1) is 10.9. The Bertz CT molecular complexity index is 339. The predicted molar refractivity (Wildman–Crippen MR) is 63.8 cm³/mol. The molecule has 0 amide bonds. The zero-order valence-electron chi connectivity index (χ0n) is 8.54. The molecule has 0 unspecified atom stereocenters. The molecular formula is C11H15BrN2O. The number of hydrogen-bond acceptors (Lipinski definition) is 3. The number of hydrogen-bond donors (Lipinski definition) is 2. The topological polar surface area (TPSA) is 45.1 Å². The summed E-state index contributed by atoms with van der Waals surface area (Å²) >= 11 is 3.32. The summed E-state index contributed by atoms with van der Waals surface area (Å²) in [5.41, 5.74) is -0.404. The average Bonchev–Trinajstić information content (AvgIpc) is 2.15. The van der Waals surface area contributed by atoms with E-state index in [1.807, 2.05) is 18.2 Å². The third-order valence-electron chi connectivity index (χ3n) is 2.90. The van der Waals surface area contributed by atoms with Crippen LogP contribution in [0, 0.1) is 0 Å². The van der Waals surface area contributed by atoms with Gasteiger partial charge in [0.15, 0.2) is 0 Å². The van der Waals surface area contributed by atoms with Crippen LogP contribution in [0.2, 0.25) is 0 Å². The van der Waals surface area contributed by atoms with Crippen LogP contribution in [0.25, 0.3) is 0 Å². The van der Waals surface area contributed by atoms with E-state index in [0.717, 1.165) is 42.6 Å². The zero-order chi connectivity index (χ0) is 10.7. The van der Waals surface area contributed by atoms with E-state index in [9.17, 15) is 5.11 Å². The Morgan fingerprint density at radius 3 is 2.87 bits per heavy atom. The van der Waals surface area contributed by atoms with Gasteiger partial charge < -0.3 is 10.4 Å². The van der Waals surface area contributed by atoms with E-state index in [4.69, 9.17) is 0 Å². The summed E-state index contributed by atoms with van der Waals surface area (Å²) in [4.78, 5) is 4.26. The second-order valence-electron chi connectivity index (χ2n) is 4.10. The third-order valence-corrected chi connectivity index (χ3v) is 3.34. The van der Waals surface area contributed by atoms with Gasteiger partial charge in [0.05, 0.1) is 5.60 Å². The van der Waals surface area contributed by atoms with Crippen LogP contribution in [0.15, 0.2) is 22.8 Å². The van der Waals surface area contributed by atoms with Gasteiger partial charge in [0.2, 0.25) is 0 Å². The molecule has 1 aromatic rings. The Hall–Kier alpha value is -0.610. The van der Waals surface area contributed by atoms with Gasteiger partial charge >= 0.3 is 0 Å². The Balaban J connectivity index is 1.78. The van der Waals surface area contributed by atoms with Crippen LogP contribution in [0.1, 0.15) is 25.7 Å². The second kappa shape index (κ2) is 4.49. The normalized spacial score (nSPS) is 18.3. The van der Waals surface area contributed by atoms with Crippen molar-refractivity contribution in [2.75, 3.05) is 11.9 Å². The number of aliphatic hydroxyl groups is 1. The van der Waals surface area contributed by atoms with Crippen molar-refractivity contribution in [2.24, 2.45) is 0 Å². The van der Waals surface area contributed by atoms with Crippen molar-refractivity contribution in [1.82, 2.24) is 4.98 Å². The lowest BCUT2D eigenvalue weighted by atomic mass is 9.78. The molecule has 15 heavy (non-hydrogen) atoms. The molecule has 0 radical (unpaired) electrons. The fourth-order valence-corrected chi connectivity index (χ4v) is 2.11. The first-order valence-electron chi connectivity index (χ1n) is 5.27. The maximum Gasteiger partial charge on any atom is 0.127 e. The number of nitrogens with one attached hydrogen (secondary N) is 1. The number of nitrogens with zero attached hydrogens (tertiary/aromatic N) is 1. The summed E-state index contributed by atoms with van der Waals surface area (Å²) in [6.07, 6.45) is 3.86. The molecule has 1 aliphatic carbocycles.